The summed E-state index contributed by atoms with van der Waals surface area (Å²) in [4.78, 5) is 21.9. The Morgan fingerprint density at radius 2 is 2.28 bits per heavy atom. The molecule has 1 aliphatic heterocycles. The number of likely N-dealkylation sites (tertiary alicyclic amines) is 1. The van der Waals surface area contributed by atoms with Crippen molar-refractivity contribution in [2.45, 2.75) is 25.4 Å². The van der Waals surface area contributed by atoms with Gasteiger partial charge in [0.25, 0.3) is 5.91 Å². The molecule has 1 aliphatic rings. The van der Waals surface area contributed by atoms with Crippen LogP contribution >= 0.6 is 11.6 Å². The normalized spacial score (nSPS) is 24.1. The number of methoxy groups -OCH3 is 1. The fourth-order valence-corrected chi connectivity index (χ4v) is 2.23. The van der Waals surface area contributed by atoms with Gasteiger partial charge < -0.3 is 9.64 Å². The van der Waals surface area contributed by atoms with Crippen LogP contribution in [-0.2, 0) is 4.74 Å². The molecule has 5 nitrogen and oxygen atoms in total. The van der Waals surface area contributed by atoms with E-state index >= 15 is 0 Å². The third-order valence-corrected chi connectivity index (χ3v) is 3.47. The fourth-order valence-electron chi connectivity index (χ4n) is 2.13. The van der Waals surface area contributed by atoms with Gasteiger partial charge >= 0.3 is 0 Å². The Kier molecular flexibility index (Phi) is 3.82. The SMILES string of the molecule is COC1(C)CCCN(C(=O)c2cnc(Cl)cn2)C1. The molecule has 98 valence electrons. The number of piperidine rings is 1. The first-order valence-corrected chi connectivity index (χ1v) is 6.24. The molecule has 6 heteroatoms. The van der Waals surface area contributed by atoms with Crippen LogP contribution in [0.15, 0.2) is 12.4 Å². The summed E-state index contributed by atoms with van der Waals surface area (Å²) in [7, 11) is 1.68. The highest BCUT2D eigenvalue weighted by Crippen LogP contribution is 2.24. The highest BCUT2D eigenvalue weighted by Gasteiger charge is 2.33. The van der Waals surface area contributed by atoms with E-state index in [2.05, 4.69) is 9.97 Å². The summed E-state index contributed by atoms with van der Waals surface area (Å²) in [6.07, 6.45) is 4.67. The minimum Gasteiger partial charge on any atom is -0.377 e. The second kappa shape index (κ2) is 5.20. The number of carbonyl (C=O) groups is 1. The molecular formula is C12H16ClN3O2. The maximum atomic E-state index is 12.2. The van der Waals surface area contributed by atoms with Gasteiger partial charge in [-0.1, -0.05) is 11.6 Å². The molecule has 0 radical (unpaired) electrons. The van der Waals surface area contributed by atoms with Crippen molar-refractivity contribution in [3.63, 3.8) is 0 Å². The summed E-state index contributed by atoms with van der Waals surface area (Å²) in [6, 6.07) is 0. The van der Waals surface area contributed by atoms with Crippen LogP contribution in [0, 0.1) is 0 Å². The van der Waals surface area contributed by atoms with Crippen molar-refractivity contribution < 1.29 is 9.53 Å². The van der Waals surface area contributed by atoms with Gasteiger partial charge in [0.05, 0.1) is 18.0 Å². The lowest BCUT2D eigenvalue weighted by molar-refractivity contribution is -0.0441. The van der Waals surface area contributed by atoms with Crippen LogP contribution in [0.3, 0.4) is 0 Å². The smallest absolute Gasteiger partial charge is 0.274 e. The largest absolute Gasteiger partial charge is 0.377 e. The average Bonchev–Trinajstić information content (AvgIpc) is 2.39. The fraction of sp³-hybridized carbons (Fsp3) is 0.583. The van der Waals surface area contributed by atoms with E-state index in [0.717, 1.165) is 19.4 Å². The molecular weight excluding hydrogens is 254 g/mol. The van der Waals surface area contributed by atoms with Crippen molar-refractivity contribution in [1.82, 2.24) is 14.9 Å². The van der Waals surface area contributed by atoms with Gasteiger partial charge in [0, 0.05) is 20.2 Å². The number of aromatic nitrogens is 2. The van der Waals surface area contributed by atoms with Crippen LogP contribution in [0.25, 0.3) is 0 Å². The van der Waals surface area contributed by atoms with E-state index in [1.165, 1.54) is 12.4 Å². The van der Waals surface area contributed by atoms with Crippen molar-refractivity contribution in [2.75, 3.05) is 20.2 Å². The van der Waals surface area contributed by atoms with Crippen molar-refractivity contribution in [1.29, 1.82) is 0 Å². The molecule has 1 atom stereocenters. The molecule has 18 heavy (non-hydrogen) atoms. The molecule has 0 bridgehead atoms. The molecule has 1 aromatic rings. The number of carbonyl (C=O) groups excluding carboxylic acids is 1. The Labute approximate surface area is 111 Å². The molecule has 0 aliphatic carbocycles. The van der Waals surface area contributed by atoms with Crippen LogP contribution in [-0.4, -0.2) is 46.6 Å². The molecule has 2 heterocycles. The number of hydrogen-bond donors (Lipinski definition) is 0. The van der Waals surface area contributed by atoms with Crippen LogP contribution in [0.4, 0.5) is 0 Å². The van der Waals surface area contributed by atoms with Gasteiger partial charge in [0.1, 0.15) is 10.8 Å². The first-order valence-electron chi connectivity index (χ1n) is 5.86. The average molecular weight is 270 g/mol. The van der Waals surface area contributed by atoms with Gasteiger partial charge in [-0.25, -0.2) is 9.97 Å². The van der Waals surface area contributed by atoms with Crippen LogP contribution in [0.1, 0.15) is 30.3 Å². The number of amides is 1. The molecule has 0 spiro atoms. The molecule has 2 rings (SSSR count). The molecule has 0 saturated carbocycles. The maximum Gasteiger partial charge on any atom is 0.274 e. The van der Waals surface area contributed by atoms with Gasteiger partial charge in [-0.2, -0.15) is 0 Å². The second-order valence-electron chi connectivity index (χ2n) is 4.71. The van der Waals surface area contributed by atoms with E-state index < -0.39 is 0 Å². The highest BCUT2D eigenvalue weighted by atomic mass is 35.5. The summed E-state index contributed by atoms with van der Waals surface area (Å²) in [6.45, 7) is 3.31. The summed E-state index contributed by atoms with van der Waals surface area (Å²) < 4.78 is 5.46. The number of nitrogens with zero attached hydrogens (tertiary/aromatic N) is 3. The molecule has 0 N–H and O–H groups in total. The van der Waals surface area contributed by atoms with Crippen LogP contribution in [0.2, 0.25) is 5.15 Å². The minimum atomic E-state index is -0.270. The summed E-state index contributed by atoms with van der Waals surface area (Å²) in [5.41, 5.74) is 0.0491. The zero-order valence-corrected chi connectivity index (χ0v) is 11.3. The lowest BCUT2D eigenvalue weighted by atomic mass is 9.94. The van der Waals surface area contributed by atoms with Crippen LogP contribution in [0.5, 0.6) is 0 Å². The Morgan fingerprint density at radius 1 is 1.50 bits per heavy atom. The summed E-state index contributed by atoms with van der Waals surface area (Å²) in [5.74, 6) is -0.123. The van der Waals surface area contributed by atoms with Gasteiger partial charge in [-0.05, 0) is 19.8 Å². The lowest BCUT2D eigenvalue weighted by Crippen LogP contribution is -2.49. The monoisotopic (exact) mass is 269 g/mol. The minimum absolute atomic E-state index is 0.123. The first kappa shape index (κ1) is 13.2. The van der Waals surface area contributed by atoms with Crippen LogP contribution < -0.4 is 0 Å². The van der Waals surface area contributed by atoms with E-state index in [0.29, 0.717) is 12.2 Å². The first-order chi connectivity index (χ1) is 8.54. The maximum absolute atomic E-state index is 12.2. The third-order valence-electron chi connectivity index (χ3n) is 3.28. The summed E-state index contributed by atoms with van der Waals surface area (Å²) in [5, 5.41) is 0.284. The van der Waals surface area contributed by atoms with Gasteiger partial charge in [-0.15, -0.1) is 0 Å². The lowest BCUT2D eigenvalue weighted by Gasteiger charge is -2.39. The molecule has 1 aromatic heterocycles. The van der Waals surface area contributed by atoms with Crippen molar-refractivity contribution in [2.24, 2.45) is 0 Å². The zero-order valence-electron chi connectivity index (χ0n) is 10.5. The Bertz CT molecular complexity index is 437. The quantitative estimate of drug-likeness (QED) is 0.821. The van der Waals surface area contributed by atoms with Gasteiger partial charge in [-0.3, -0.25) is 4.79 Å². The number of ether oxygens (including phenoxy) is 1. The van der Waals surface area contributed by atoms with Crippen molar-refractivity contribution in [3.05, 3.63) is 23.2 Å². The van der Waals surface area contributed by atoms with E-state index in [4.69, 9.17) is 16.3 Å². The molecule has 1 saturated heterocycles. The van der Waals surface area contributed by atoms with E-state index in [1.54, 1.807) is 12.0 Å². The van der Waals surface area contributed by atoms with E-state index in [1.807, 2.05) is 6.92 Å². The van der Waals surface area contributed by atoms with E-state index in [-0.39, 0.29) is 16.7 Å². The van der Waals surface area contributed by atoms with Gasteiger partial charge in [0.2, 0.25) is 0 Å². The Morgan fingerprint density at radius 3 is 2.89 bits per heavy atom. The predicted molar refractivity (Wildman–Crippen MR) is 67.6 cm³/mol. The second-order valence-corrected chi connectivity index (χ2v) is 5.10. The number of halogens is 1. The molecule has 1 unspecified atom stereocenters. The topological polar surface area (TPSA) is 55.3 Å². The highest BCUT2D eigenvalue weighted by molar-refractivity contribution is 6.29. The molecule has 1 fully saturated rings. The standard InChI is InChI=1S/C12H16ClN3O2/c1-12(18-2)4-3-5-16(8-12)11(17)9-6-15-10(13)7-14-9/h6-7H,3-5,8H2,1-2H3. The zero-order chi connectivity index (χ0) is 13.2. The predicted octanol–water partition coefficient (Wildman–Crippen LogP) is 1.77. The number of rotatable bonds is 2. The summed E-state index contributed by atoms with van der Waals surface area (Å²) >= 11 is 5.65. The van der Waals surface area contributed by atoms with Gasteiger partial charge in [0.15, 0.2) is 0 Å². The van der Waals surface area contributed by atoms with Crippen molar-refractivity contribution >= 4 is 17.5 Å². The molecule has 0 aromatic carbocycles. The van der Waals surface area contributed by atoms with Crippen molar-refractivity contribution in [3.8, 4) is 0 Å². The Balaban J connectivity index is 2.11. The third kappa shape index (κ3) is 2.79. The molecule has 1 amide bonds. The Hall–Kier alpha value is -1.20. The number of hydrogen-bond acceptors (Lipinski definition) is 4. The van der Waals surface area contributed by atoms with E-state index in [9.17, 15) is 4.79 Å².